The van der Waals surface area contributed by atoms with Gasteiger partial charge in [-0.3, -0.25) is 33.6 Å². The fourth-order valence-electron chi connectivity index (χ4n) is 3.34. The zero-order valence-corrected chi connectivity index (χ0v) is 17.5. The number of pyridine rings is 1. The maximum atomic E-state index is 13.8. The van der Waals surface area contributed by atoms with E-state index in [1.165, 1.54) is 22.8 Å². The second kappa shape index (κ2) is 8.75. The lowest BCUT2D eigenvalue weighted by Gasteiger charge is -2.14. The van der Waals surface area contributed by atoms with Gasteiger partial charge in [0.2, 0.25) is 5.91 Å². The molecular weight excluding hydrogens is 435 g/mol. The van der Waals surface area contributed by atoms with Gasteiger partial charge in [-0.05, 0) is 37.6 Å². The average Bonchev–Trinajstić information content (AvgIpc) is 2.98. The molecule has 33 heavy (non-hydrogen) atoms. The number of amides is 2. The average molecular weight is 452 g/mol. The summed E-state index contributed by atoms with van der Waals surface area (Å²) in [5.41, 5.74) is 4.44. The Morgan fingerprint density at radius 1 is 1.30 bits per heavy atom. The molecular formula is C21H17FN6O5. The number of nitrogens with two attached hydrogens (primary N) is 1. The molecule has 11 nitrogen and oxygen atoms in total. The van der Waals surface area contributed by atoms with E-state index in [2.05, 4.69) is 5.32 Å². The van der Waals surface area contributed by atoms with Crippen LogP contribution in [0.1, 0.15) is 27.2 Å². The summed E-state index contributed by atoms with van der Waals surface area (Å²) in [5.74, 6) is -2.50. The highest BCUT2D eigenvalue weighted by molar-refractivity contribution is 5.94. The van der Waals surface area contributed by atoms with Crippen LogP contribution in [0.4, 0.5) is 15.9 Å². The molecule has 0 saturated carbocycles. The van der Waals surface area contributed by atoms with Crippen LogP contribution in [-0.4, -0.2) is 25.9 Å². The van der Waals surface area contributed by atoms with Crippen molar-refractivity contribution in [1.82, 2.24) is 9.13 Å². The normalized spacial score (nSPS) is 10.5. The van der Waals surface area contributed by atoms with Crippen LogP contribution in [0, 0.1) is 41.1 Å². The quantitative estimate of drug-likeness (QED) is 0.428. The molecule has 0 fully saturated rings. The van der Waals surface area contributed by atoms with Crippen molar-refractivity contribution in [3.63, 3.8) is 0 Å². The van der Waals surface area contributed by atoms with Gasteiger partial charge in [-0.1, -0.05) is 6.07 Å². The maximum absolute atomic E-state index is 13.8. The number of benzene rings is 1. The van der Waals surface area contributed by atoms with Crippen LogP contribution in [0.25, 0.3) is 5.69 Å². The summed E-state index contributed by atoms with van der Waals surface area (Å²) >= 11 is 0. The number of aromatic nitrogens is 2. The van der Waals surface area contributed by atoms with Crippen molar-refractivity contribution in [2.45, 2.75) is 20.4 Å². The van der Waals surface area contributed by atoms with Crippen LogP contribution >= 0.6 is 0 Å². The van der Waals surface area contributed by atoms with E-state index in [0.29, 0.717) is 21.5 Å². The summed E-state index contributed by atoms with van der Waals surface area (Å²) in [6, 6.07) is 8.22. The first-order valence-corrected chi connectivity index (χ1v) is 9.41. The lowest BCUT2D eigenvalue weighted by atomic mass is 10.2. The number of primary amides is 1. The van der Waals surface area contributed by atoms with Gasteiger partial charge in [-0.25, -0.2) is 4.39 Å². The molecule has 1 aromatic carbocycles. The van der Waals surface area contributed by atoms with Gasteiger partial charge in [0, 0.05) is 11.8 Å². The first-order valence-electron chi connectivity index (χ1n) is 9.41. The Balaban J connectivity index is 2.06. The summed E-state index contributed by atoms with van der Waals surface area (Å²) in [4.78, 5) is 47.0. The number of nitro groups is 1. The van der Waals surface area contributed by atoms with E-state index in [4.69, 9.17) is 5.73 Å². The minimum atomic E-state index is -1.18. The van der Waals surface area contributed by atoms with Gasteiger partial charge >= 0.3 is 0 Å². The Kier molecular flexibility index (Phi) is 6.07. The van der Waals surface area contributed by atoms with Gasteiger partial charge in [0.15, 0.2) is 0 Å². The van der Waals surface area contributed by atoms with Crippen LogP contribution in [0.15, 0.2) is 41.3 Å². The van der Waals surface area contributed by atoms with E-state index in [1.807, 2.05) is 6.07 Å². The van der Waals surface area contributed by atoms with Gasteiger partial charge in [0.25, 0.3) is 17.2 Å². The summed E-state index contributed by atoms with van der Waals surface area (Å²) in [6.45, 7) is 2.63. The summed E-state index contributed by atoms with van der Waals surface area (Å²) in [6.07, 6.45) is 0.807. The second-order valence-electron chi connectivity index (χ2n) is 7.08. The summed E-state index contributed by atoms with van der Waals surface area (Å²) in [7, 11) is 0. The van der Waals surface area contributed by atoms with Crippen molar-refractivity contribution in [2.75, 3.05) is 5.32 Å². The SMILES string of the molecule is Cc1c(C#N)c(NC(=O)Cn2cc([N+](=O)[O-])cc(C(N)=O)c2=O)n(-c2cccc(F)c2)c1C. The Labute approximate surface area is 185 Å². The monoisotopic (exact) mass is 452 g/mol. The number of hydrogen-bond donors (Lipinski definition) is 2. The molecule has 0 aliphatic heterocycles. The van der Waals surface area contributed by atoms with E-state index in [9.17, 15) is 34.2 Å². The van der Waals surface area contributed by atoms with Gasteiger partial charge in [0.05, 0.1) is 22.4 Å². The summed E-state index contributed by atoms with van der Waals surface area (Å²) in [5, 5.41) is 23.3. The van der Waals surface area contributed by atoms with Crippen LogP contribution in [0.2, 0.25) is 0 Å². The van der Waals surface area contributed by atoms with E-state index < -0.39 is 45.9 Å². The maximum Gasteiger partial charge on any atom is 0.286 e. The van der Waals surface area contributed by atoms with Gasteiger partial charge in [0.1, 0.15) is 29.8 Å². The molecule has 0 spiro atoms. The summed E-state index contributed by atoms with van der Waals surface area (Å²) < 4.78 is 16.0. The number of nitrogens with one attached hydrogen (secondary N) is 1. The highest BCUT2D eigenvalue weighted by atomic mass is 19.1. The minimum absolute atomic E-state index is 0.0386. The molecule has 168 valence electrons. The number of halogens is 1. The molecule has 3 N–H and O–H groups in total. The highest BCUT2D eigenvalue weighted by Crippen LogP contribution is 2.30. The highest BCUT2D eigenvalue weighted by Gasteiger charge is 2.23. The third-order valence-corrected chi connectivity index (χ3v) is 5.01. The molecule has 3 aromatic rings. The predicted molar refractivity (Wildman–Crippen MR) is 114 cm³/mol. The number of nitriles is 1. The number of nitrogens with zero attached hydrogens (tertiary/aromatic N) is 4. The van der Waals surface area contributed by atoms with Crippen LogP contribution in [0.3, 0.4) is 0 Å². The molecule has 2 aromatic heterocycles. The number of hydrogen-bond acceptors (Lipinski definition) is 6. The zero-order chi connectivity index (χ0) is 24.4. The lowest BCUT2D eigenvalue weighted by Crippen LogP contribution is -2.33. The van der Waals surface area contributed by atoms with E-state index in [-0.39, 0.29) is 11.4 Å². The molecule has 3 rings (SSSR count). The molecule has 0 atom stereocenters. The topological polar surface area (TPSA) is 166 Å². The fourth-order valence-corrected chi connectivity index (χ4v) is 3.34. The number of anilines is 1. The van der Waals surface area contributed by atoms with Crippen LogP contribution in [0.5, 0.6) is 0 Å². The van der Waals surface area contributed by atoms with Crippen LogP contribution < -0.4 is 16.6 Å². The molecule has 0 bridgehead atoms. The van der Waals surface area contributed by atoms with E-state index in [0.717, 1.165) is 12.3 Å². The molecule has 0 radical (unpaired) electrons. The van der Waals surface area contributed by atoms with Gasteiger partial charge in [-0.15, -0.1) is 0 Å². The molecule has 0 unspecified atom stereocenters. The first-order chi connectivity index (χ1) is 15.5. The third kappa shape index (κ3) is 4.33. The van der Waals surface area contributed by atoms with Crippen molar-refractivity contribution in [3.8, 4) is 11.8 Å². The molecule has 2 amide bonds. The van der Waals surface area contributed by atoms with Crippen molar-refractivity contribution in [1.29, 1.82) is 5.26 Å². The largest absolute Gasteiger partial charge is 0.365 e. The van der Waals surface area contributed by atoms with E-state index in [1.54, 1.807) is 19.9 Å². The lowest BCUT2D eigenvalue weighted by molar-refractivity contribution is -0.385. The molecule has 0 aliphatic rings. The van der Waals surface area contributed by atoms with Crippen molar-refractivity contribution in [2.24, 2.45) is 5.73 Å². The third-order valence-electron chi connectivity index (χ3n) is 5.01. The predicted octanol–water partition coefficient (Wildman–Crippen LogP) is 1.91. The molecule has 12 heteroatoms. The number of rotatable bonds is 6. The number of carbonyl (C=O) groups excluding carboxylic acids is 2. The minimum Gasteiger partial charge on any atom is -0.365 e. The van der Waals surface area contributed by atoms with E-state index >= 15 is 0 Å². The van der Waals surface area contributed by atoms with Crippen molar-refractivity contribution >= 4 is 23.3 Å². The Morgan fingerprint density at radius 2 is 2.00 bits per heavy atom. The molecule has 0 aliphatic carbocycles. The van der Waals surface area contributed by atoms with Crippen molar-refractivity contribution < 1.29 is 18.9 Å². The fraction of sp³-hybridized carbons (Fsp3) is 0.143. The first kappa shape index (κ1) is 22.9. The second-order valence-corrected chi connectivity index (χ2v) is 7.08. The van der Waals surface area contributed by atoms with Gasteiger partial charge in [-0.2, -0.15) is 5.26 Å². The Hall–Kier alpha value is -4.79. The molecule has 2 heterocycles. The Bertz CT molecular complexity index is 1420. The van der Waals surface area contributed by atoms with Crippen molar-refractivity contribution in [3.05, 3.63) is 85.2 Å². The standard InChI is InChI=1S/C21H17FN6O5/c1-11-12(2)27(14-5-3-4-13(22)6-14)20(17(11)8-23)25-18(29)10-26-9-15(28(32)33)7-16(19(24)30)21(26)31/h3-7,9H,10H2,1-2H3,(H2,24,30)(H,25,29). The zero-order valence-electron chi connectivity index (χ0n) is 17.5. The number of carbonyl (C=O) groups is 2. The van der Waals surface area contributed by atoms with Crippen LogP contribution in [-0.2, 0) is 11.3 Å². The Morgan fingerprint density at radius 3 is 2.58 bits per heavy atom. The molecule has 0 saturated heterocycles. The van der Waals surface area contributed by atoms with Gasteiger partial charge < -0.3 is 11.1 Å². The smallest absolute Gasteiger partial charge is 0.286 e.